The summed E-state index contributed by atoms with van der Waals surface area (Å²) in [6.45, 7) is 43.4. The van der Waals surface area contributed by atoms with Gasteiger partial charge in [-0.2, -0.15) is 0 Å². The number of rotatable bonds is 10. The van der Waals surface area contributed by atoms with E-state index in [2.05, 4.69) is 89.0 Å². The first-order valence-corrected chi connectivity index (χ1v) is 14.9. The summed E-state index contributed by atoms with van der Waals surface area (Å²) in [7, 11) is -2.24. The molecular formula is C29H66ClMgO3PPtSi-2. The summed E-state index contributed by atoms with van der Waals surface area (Å²) in [6.07, 6.45) is 7.59. The van der Waals surface area contributed by atoms with Crippen LogP contribution in [0.2, 0.25) is 0 Å². The minimum absolute atomic E-state index is 0. The molecule has 0 saturated carbocycles. The molecule has 0 bridgehead atoms. The van der Waals surface area contributed by atoms with Crippen LogP contribution in [0.25, 0.3) is 0 Å². The van der Waals surface area contributed by atoms with Crippen molar-refractivity contribution >= 4 is 40.5 Å². The fraction of sp³-hybridized carbons (Fsp3) is 0.690. The van der Waals surface area contributed by atoms with E-state index in [1.165, 1.54) is 6.42 Å². The van der Waals surface area contributed by atoms with Gasteiger partial charge in [0.15, 0.2) is 0 Å². The van der Waals surface area contributed by atoms with E-state index in [1.807, 2.05) is 26.8 Å². The van der Waals surface area contributed by atoms with Gasteiger partial charge in [0.05, 0.1) is 10.3 Å². The molecule has 0 spiro atoms. The van der Waals surface area contributed by atoms with Gasteiger partial charge in [-0.3, -0.25) is 0 Å². The molecule has 0 fully saturated rings. The number of hydrogen-bond donors (Lipinski definition) is 0. The molecule has 0 aromatic rings. The molecule has 0 saturated heterocycles. The van der Waals surface area contributed by atoms with Crippen LogP contribution in [0.5, 0.6) is 0 Å². The number of halogens is 1. The zero-order valence-electron chi connectivity index (χ0n) is 28.3. The van der Waals surface area contributed by atoms with Gasteiger partial charge in [-0.15, -0.1) is 6.58 Å². The van der Waals surface area contributed by atoms with Crippen LogP contribution in [0.15, 0.2) is 38.0 Å². The minimum atomic E-state index is -1.73. The Morgan fingerprint density at radius 3 is 1.08 bits per heavy atom. The number of allylic oxidation sites excluding steroid dienone is 3. The maximum atomic E-state index is 5.22. The zero-order valence-corrected chi connectivity index (χ0v) is 33.9. The first-order valence-electron chi connectivity index (χ1n) is 12.0. The third-order valence-corrected chi connectivity index (χ3v) is 9.91. The molecule has 0 atom stereocenters. The quantitative estimate of drug-likeness (QED) is 0.0873. The maximum Gasteiger partial charge on any atom is 2.00 e. The summed E-state index contributed by atoms with van der Waals surface area (Å²) in [5.74, 6) is 0. The molecule has 3 nitrogen and oxygen atoms in total. The monoisotopic (exact) mass is 775 g/mol. The predicted octanol–water partition coefficient (Wildman–Crippen LogP) is 6.19. The first kappa shape index (κ1) is 62.2. The van der Waals surface area contributed by atoms with Crippen LogP contribution in [0.3, 0.4) is 0 Å². The standard InChI is InChI=1S/C12H26P.C6H16O3Si.C5H10.C4H6.2CH3.ClH.Mg.Pt.H/c1-10(2,3)13(11(4,5)6)12(7,8)9;1-4-7-10(8-5-2)9-6-3;1-3-5-4-2;1-3-4-2;;;;;;/h1H2,2-9H3;10H,4-6H2,1-3H3;3H,1,4-5H2,2H3;3-4H,1-2H2;2*1H3;1H;;;/q-1;;;;2*-1;;+2;;-1. The zero-order chi connectivity index (χ0) is 26.4. The molecule has 0 radical (unpaired) electrons. The van der Waals surface area contributed by atoms with Gasteiger partial charge in [-0.25, -0.2) is 0 Å². The second kappa shape index (κ2) is 37.5. The average Bonchev–Trinajstić information content (AvgIpc) is 2.60. The van der Waals surface area contributed by atoms with Gasteiger partial charge in [0.25, 0.3) is 0 Å². The van der Waals surface area contributed by atoms with Crippen LogP contribution < -0.4 is 12.4 Å². The van der Waals surface area contributed by atoms with E-state index in [4.69, 9.17) is 13.3 Å². The SMILES string of the molecule is C=CC=C.C=CCCC.CCO[SiH](OCC)OCC.[CH2-]C(C)(C)[PH+](C(C)(C)C)C(C)(C)C.[CH3-].[CH3-].[Cl-].[H-].[Mg+2].[Pt]. The maximum absolute atomic E-state index is 5.22. The fourth-order valence-corrected chi connectivity index (χ4v) is 11.3. The molecule has 0 aliphatic heterocycles. The van der Waals surface area contributed by atoms with Gasteiger partial charge in [-0.05, 0) is 81.8 Å². The van der Waals surface area contributed by atoms with Gasteiger partial charge in [0, 0.05) is 40.9 Å². The Morgan fingerprint density at radius 2 is 1.03 bits per heavy atom. The summed E-state index contributed by atoms with van der Waals surface area (Å²) in [5.41, 5.74) is 0. The summed E-state index contributed by atoms with van der Waals surface area (Å²) in [6, 6.07) is 0. The fourth-order valence-electron chi connectivity index (χ4n) is 3.91. The van der Waals surface area contributed by atoms with E-state index in [0.717, 1.165) is 6.42 Å². The van der Waals surface area contributed by atoms with E-state index in [1.54, 1.807) is 12.2 Å². The van der Waals surface area contributed by atoms with Crippen LogP contribution >= 0.6 is 7.92 Å². The molecule has 0 aliphatic carbocycles. The van der Waals surface area contributed by atoms with Crippen LogP contribution in [-0.2, 0) is 34.3 Å². The third-order valence-electron chi connectivity index (χ3n) is 3.74. The van der Waals surface area contributed by atoms with Crippen LogP contribution in [0, 0.1) is 21.8 Å². The third kappa shape index (κ3) is 47.6. The summed E-state index contributed by atoms with van der Waals surface area (Å²) >= 11 is 0. The smallest absolute Gasteiger partial charge is 1.00 e. The van der Waals surface area contributed by atoms with Crippen molar-refractivity contribution in [1.29, 1.82) is 0 Å². The summed E-state index contributed by atoms with van der Waals surface area (Å²) in [4.78, 5) is 0. The van der Waals surface area contributed by atoms with Gasteiger partial charge in [0.1, 0.15) is 0 Å². The molecular weight excluding hydrogens is 710 g/mol. The number of hydrogen-bond acceptors (Lipinski definition) is 3. The van der Waals surface area contributed by atoms with Gasteiger partial charge >= 0.3 is 32.6 Å². The van der Waals surface area contributed by atoms with E-state index in [9.17, 15) is 0 Å². The summed E-state index contributed by atoms with van der Waals surface area (Å²) < 4.78 is 15.7. The topological polar surface area (TPSA) is 27.7 Å². The number of unbranched alkanes of at least 4 members (excludes halogenated alkanes) is 1. The second-order valence-electron chi connectivity index (χ2n) is 9.96. The molecule has 0 heterocycles. The molecule has 0 aliphatic rings. The Morgan fingerprint density at radius 1 is 0.757 bits per heavy atom. The Bertz CT molecular complexity index is 405. The Hall–Kier alpha value is 1.49. The van der Waals surface area contributed by atoms with Crippen molar-refractivity contribution in [2.75, 3.05) is 19.8 Å². The summed E-state index contributed by atoms with van der Waals surface area (Å²) in [5, 5.41) is 1.09. The van der Waals surface area contributed by atoms with Crippen LogP contribution in [-0.4, -0.2) is 67.9 Å². The Labute approximate surface area is 277 Å². The van der Waals surface area contributed by atoms with Crippen molar-refractivity contribution in [3.05, 3.63) is 59.7 Å². The minimum Gasteiger partial charge on any atom is -1.00 e. The van der Waals surface area contributed by atoms with Crippen LogP contribution in [0.4, 0.5) is 0 Å². The van der Waals surface area contributed by atoms with E-state index in [0.29, 0.717) is 30.1 Å². The molecule has 0 aromatic carbocycles. The van der Waals surface area contributed by atoms with Crippen molar-refractivity contribution < 1.29 is 48.2 Å². The van der Waals surface area contributed by atoms with Crippen molar-refractivity contribution in [3.8, 4) is 0 Å². The molecule has 0 amide bonds. The van der Waals surface area contributed by atoms with Crippen molar-refractivity contribution in [2.45, 2.75) is 111 Å². The van der Waals surface area contributed by atoms with Crippen molar-refractivity contribution in [1.82, 2.24) is 0 Å². The molecule has 230 valence electrons. The molecule has 0 N–H and O–H groups in total. The average molecular weight is 777 g/mol. The molecule has 0 unspecified atom stereocenters. The Balaban J connectivity index is -0.0000000354. The molecule has 0 rings (SSSR count). The molecule has 0 aromatic heterocycles. The molecule has 37 heavy (non-hydrogen) atoms. The van der Waals surface area contributed by atoms with Crippen molar-refractivity contribution in [2.24, 2.45) is 0 Å². The first-order chi connectivity index (χ1) is 14.5. The normalized spacial score (nSPS) is 9.81. The predicted molar refractivity (Wildman–Crippen MR) is 174 cm³/mol. The molecule has 8 heteroatoms. The van der Waals surface area contributed by atoms with Gasteiger partial charge in [-0.1, -0.05) is 58.6 Å². The van der Waals surface area contributed by atoms with Gasteiger partial charge in [0.2, 0.25) is 0 Å². The van der Waals surface area contributed by atoms with Crippen molar-refractivity contribution in [3.63, 3.8) is 0 Å². The van der Waals surface area contributed by atoms with E-state index >= 15 is 0 Å². The van der Waals surface area contributed by atoms with E-state index in [-0.39, 0.29) is 78.0 Å². The second-order valence-corrected chi connectivity index (χ2v) is 16.6. The van der Waals surface area contributed by atoms with E-state index < -0.39 is 17.4 Å². The largest absolute Gasteiger partial charge is 2.00 e. The van der Waals surface area contributed by atoms with Crippen LogP contribution in [0.1, 0.15) is 97.4 Å². The van der Waals surface area contributed by atoms with Gasteiger partial charge < -0.3 is 48.9 Å². The Kier molecular flexibility index (Phi) is 63.0.